The van der Waals surface area contributed by atoms with Crippen LogP contribution in [0, 0.1) is 43.9 Å². The molecule has 0 radical (unpaired) electrons. The Labute approximate surface area is 133 Å². The van der Waals surface area contributed by atoms with Crippen LogP contribution in [0.1, 0.15) is 32.1 Å². The van der Waals surface area contributed by atoms with Crippen molar-refractivity contribution < 1.29 is 9.85 Å². The molecule has 122 valence electrons. The number of non-ortho nitro benzene ring substituents is 1. The first-order valence-corrected chi connectivity index (χ1v) is 8.20. The number of anilines is 1. The maximum Gasteiger partial charge on any atom is 0.299 e. The first-order chi connectivity index (χ1) is 11.0. The van der Waals surface area contributed by atoms with E-state index in [2.05, 4.69) is 5.32 Å². The van der Waals surface area contributed by atoms with Crippen LogP contribution in [0.3, 0.4) is 0 Å². The van der Waals surface area contributed by atoms with Crippen LogP contribution in [0.2, 0.25) is 0 Å². The number of hydrogen-bond donors (Lipinski definition) is 1. The lowest BCUT2D eigenvalue weighted by molar-refractivity contribution is -0.393. The predicted octanol–water partition coefficient (Wildman–Crippen LogP) is 3.74. The van der Waals surface area contributed by atoms with Crippen LogP contribution >= 0.6 is 0 Å². The Hall–Kier alpha value is -2.18. The molecule has 0 amide bonds. The van der Waals surface area contributed by atoms with Gasteiger partial charge in [-0.3, -0.25) is 20.2 Å². The van der Waals surface area contributed by atoms with Crippen molar-refractivity contribution in [2.45, 2.75) is 38.1 Å². The van der Waals surface area contributed by atoms with Gasteiger partial charge in [0.25, 0.3) is 11.4 Å². The Morgan fingerprint density at radius 1 is 0.913 bits per heavy atom. The van der Waals surface area contributed by atoms with Gasteiger partial charge in [-0.25, -0.2) is 0 Å². The average molecular weight is 317 g/mol. The maximum atomic E-state index is 11.3. The maximum absolute atomic E-state index is 11.3. The Bertz CT molecular complexity index is 647. The van der Waals surface area contributed by atoms with Gasteiger partial charge in [0.2, 0.25) is 0 Å². The molecule has 1 aromatic rings. The molecule has 0 saturated heterocycles. The van der Waals surface area contributed by atoms with Crippen LogP contribution < -0.4 is 5.32 Å². The highest BCUT2D eigenvalue weighted by atomic mass is 16.6. The minimum Gasteiger partial charge on any atom is -0.376 e. The summed E-state index contributed by atoms with van der Waals surface area (Å²) < 4.78 is 0. The fourth-order valence-corrected chi connectivity index (χ4v) is 5.25. The van der Waals surface area contributed by atoms with Crippen molar-refractivity contribution in [3.05, 3.63) is 38.4 Å². The first kappa shape index (κ1) is 14.4. The predicted molar refractivity (Wildman–Crippen MR) is 84.2 cm³/mol. The highest BCUT2D eigenvalue weighted by molar-refractivity contribution is 5.65. The van der Waals surface area contributed by atoms with Gasteiger partial charge in [0, 0.05) is 12.1 Å². The average Bonchev–Trinajstić information content (AvgIpc) is 2.50. The van der Waals surface area contributed by atoms with Gasteiger partial charge in [0.1, 0.15) is 5.69 Å². The minimum atomic E-state index is -0.598. The van der Waals surface area contributed by atoms with Crippen molar-refractivity contribution in [1.29, 1.82) is 0 Å². The standard InChI is InChI=1S/C16H19N3O4/c20-18(21)13-1-2-14(15(8-13)19(22)23)17-16-11-4-9-3-10(6-11)7-12(16)5-9/h1-2,8-12,16-17H,3-7H2. The van der Waals surface area contributed by atoms with Crippen molar-refractivity contribution >= 4 is 17.1 Å². The van der Waals surface area contributed by atoms with E-state index in [4.69, 9.17) is 0 Å². The quantitative estimate of drug-likeness (QED) is 0.673. The van der Waals surface area contributed by atoms with Crippen LogP contribution in [0.4, 0.5) is 17.1 Å². The third-order valence-electron chi connectivity index (χ3n) is 5.94. The van der Waals surface area contributed by atoms with Gasteiger partial charge in [-0.2, -0.15) is 0 Å². The largest absolute Gasteiger partial charge is 0.376 e. The van der Waals surface area contributed by atoms with E-state index in [9.17, 15) is 20.2 Å². The second-order valence-electron chi connectivity index (χ2n) is 7.32. The molecule has 4 aliphatic rings. The van der Waals surface area contributed by atoms with Crippen LogP contribution in [0.25, 0.3) is 0 Å². The molecule has 4 saturated carbocycles. The van der Waals surface area contributed by atoms with E-state index >= 15 is 0 Å². The molecular weight excluding hydrogens is 298 g/mol. The second-order valence-corrected chi connectivity index (χ2v) is 7.32. The molecule has 7 heteroatoms. The summed E-state index contributed by atoms with van der Waals surface area (Å²) in [4.78, 5) is 21.0. The van der Waals surface area contributed by atoms with Gasteiger partial charge in [-0.15, -0.1) is 0 Å². The van der Waals surface area contributed by atoms with Crippen LogP contribution in [-0.4, -0.2) is 15.9 Å². The minimum absolute atomic E-state index is 0.201. The number of benzene rings is 1. The van der Waals surface area contributed by atoms with E-state index in [1.165, 1.54) is 44.2 Å². The second kappa shape index (κ2) is 5.18. The SMILES string of the molecule is O=[N+]([O-])c1ccc(NC2C3CC4CC(C3)CC2C4)c([N+](=O)[O-])c1. The van der Waals surface area contributed by atoms with E-state index < -0.39 is 9.85 Å². The fourth-order valence-electron chi connectivity index (χ4n) is 5.25. The molecule has 23 heavy (non-hydrogen) atoms. The molecule has 0 aromatic heterocycles. The van der Waals surface area contributed by atoms with E-state index in [0.29, 0.717) is 17.5 Å². The number of hydrogen-bond acceptors (Lipinski definition) is 5. The Kier molecular flexibility index (Phi) is 3.25. The number of nitro groups is 2. The molecule has 0 aliphatic heterocycles. The summed E-state index contributed by atoms with van der Waals surface area (Å²) in [6.07, 6.45) is 6.21. The zero-order valence-corrected chi connectivity index (χ0v) is 12.7. The van der Waals surface area contributed by atoms with E-state index in [1.807, 2.05) is 0 Å². The fraction of sp³-hybridized carbons (Fsp3) is 0.625. The van der Waals surface area contributed by atoms with Gasteiger partial charge in [-0.05, 0) is 61.8 Å². The zero-order valence-electron chi connectivity index (χ0n) is 12.7. The lowest BCUT2D eigenvalue weighted by atomic mass is 9.54. The number of rotatable bonds is 4. The number of nitrogens with zero attached hydrogens (tertiary/aromatic N) is 2. The number of nitrogens with one attached hydrogen (secondary N) is 1. The highest BCUT2D eigenvalue weighted by Crippen LogP contribution is 2.54. The lowest BCUT2D eigenvalue weighted by Crippen LogP contribution is -2.51. The molecule has 4 aliphatic carbocycles. The third kappa shape index (κ3) is 2.44. The molecule has 4 fully saturated rings. The van der Waals surface area contributed by atoms with Crippen molar-refractivity contribution in [1.82, 2.24) is 0 Å². The summed E-state index contributed by atoms with van der Waals surface area (Å²) in [6.45, 7) is 0. The molecule has 0 unspecified atom stereocenters. The third-order valence-corrected chi connectivity index (χ3v) is 5.94. The van der Waals surface area contributed by atoms with Crippen LogP contribution in [-0.2, 0) is 0 Å². The van der Waals surface area contributed by atoms with Gasteiger partial charge in [-0.1, -0.05) is 0 Å². The Morgan fingerprint density at radius 3 is 2.04 bits per heavy atom. The van der Waals surface area contributed by atoms with Gasteiger partial charge < -0.3 is 5.32 Å². The summed E-state index contributed by atoms with van der Waals surface area (Å²) in [5, 5.41) is 25.5. The molecule has 0 heterocycles. The van der Waals surface area contributed by atoms with E-state index in [1.54, 1.807) is 0 Å². The molecule has 5 rings (SSSR count). The molecule has 1 N–H and O–H groups in total. The monoisotopic (exact) mass is 317 g/mol. The summed E-state index contributed by atoms with van der Waals surface area (Å²) in [7, 11) is 0. The normalized spacial score (nSPS) is 34.3. The number of nitro benzene ring substituents is 2. The van der Waals surface area contributed by atoms with Crippen molar-refractivity contribution in [2.24, 2.45) is 23.7 Å². The Morgan fingerprint density at radius 2 is 1.52 bits per heavy atom. The molecule has 4 bridgehead atoms. The summed E-state index contributed by atoms with van der Waals surface area (Å²) in [5.41, 5.74) is -0.0292. The topological polar surface area (TPSA) is 98.3 Å². The smallest absolute Gasteiger partial charge is 0.299 e. The molecular formula is C16H19N3O4. The van der Waals surface area contributed by atoms with Crippen molar-refractivity contribution in [3.8, 4) is 0 Å². The highest BCUT2D eigenvalue weighted by Gasteiger charge is 2.48. The molecule has 7 nitrogen and oxygen atoms in total. The molecule has 0 atom stereocenters. The van der Waals surface area contributed by atoms with Crippen molar-refractivity contribution in [3.63, 3.8) is 0 Å². The van der Waals surface area contributed by atoms with Gasteiger partial charge >= 0.3 is 0 Å². The molecule has 1 aromatic carbocycles. The van der Waals surface area contributed by atoms with Gasteiger partial charge in [0.05, 0.1) is 15.9 Å². The van der Waals surface area contributed by atoms with E-state index in [-0.39, 0.29) is 17.4 Å². The Balaban J connectivity index is 1.61. The van der Waals surface area contributed by atoms with E-state index in [0.717, 1.165) is 17.9 Å². The first-order valence-electron chi connectivity index (χ1n) is 8.20. The molecule has 0 spiro atoms. The van der Waals surface area contributed by atoms with Crippen LogP contribution in [0.15, 0.2) is 18.2 Å². The van der Waals surface area contributed by atoms with Crippen LogP contribution in [0.5, 0.6) is 0 Å². The zero-order chi connectivity index (χ0) is 16.1. The van der Waals surface area contributed by atoms with Crippen molar-refractivity contribution in [2.75, 3.05) is 5.32 Å². The lowest BCUT2D eigenvalue weighted by Gasteiger charge is -2.54. The summed E-state index contributed by atoms with van der Waals surface area (Å²) in [6, 6.07) is 4.15. The van der Waals surface area contributed by atoms with Gasteiger partial charge in [0.15, 0.2) is 0 Å². The summed E-state index contributed by atoms with van der Waals surface area (Å²) >= 11 is 0. The summed E-state index contributed by atoms with van der Waals surface area (Å²) in [5.74, 6) is 2.84.